The van der Waals surface area contributed by atoms with Crippen LogP contribution in [0, 0.1) is 0 Å². The molecule has 0 unspecified atom stereocenters. The minimum Gasteiger partial charge on any atom is -0.492 e. The smallest absolute Gasteiger partial charge is 0.297 e. The summed E-state index contributed by atoms with van der Waals surface area (Å²) in [5.41, 5.74) is 0.761. The normalized spacial score (nSPS) is 15.0. The van der Waals surface area contributed by atoms with Crippen LogP contribution < -0.4 is 10.1 Å². The van der Waals surface area contributed by atoms with E-state index in [9.17, 15) is 17.2 Å². The molecular formula is C21H22F2N4O3S. The van der Waals surface area contributed by atoms with Crippen molar-refractivity contribution in [3.8, 4) is 5.75 Å². The van der Waals surface area contributed by atoms with E-state index in [0.29, 0.717) is 36.3 Å². The van der Waals surface area contributed by atoms with Crippen molar-refractivity contribution in [2.75, 3.05) is 25.0 Å². The quantitative estimate of drug-likeness (QED) is 0.573. The van der Waals surface area contributed by atoms with Crippen LogP contribution in [0.25, 0.3) is 10.9 Å². The van der Waals surface area contributed by atoms with Gasteiger partial charge in [0.15, 0.2) is 5.82 Å². The molecule has 1 fully saturated rings. The summed E-state index contributed by atoms with van der Waals surface area (Å²) < 4.78 is 59.9. The van der Waals surface area contributed by atoms with Gasteiger partial charge in [-0.15, -0.1) is 0 Å². The summed E-state index contributed by atoms with van der Waals surface area (Å²) in [7, 11) is -3.75. The average molecular weight is 448 g/mol. The maximum absolute atomic E-state index is 13.3. The summed E-state index contributed by atoms with van der Waals surface area (Å²) in [6, 6.07) is 11.4. The number of hydrogen-bond acceptors (Lipinski definition) is 6. The van der Waals surface area contributed by atoms with E-state index in [0.717, 1.165) is 12.8 Å². The Bertz CT molecular complexity index is 1200. The van der Waals surface area contributed by atoms with Crippen LogP contribution in [0.5, 0.6) is 5.75 Å². The molecule has 0 radical (unpaired) electrons. The largest absolute Gasteiger partial charge is 0.492 e. The molecule has 7 nitrogen and oxygen atoms in total. The fraction of sp³-hybridized carbons (Fsp3) is 0.333. The first-order valence-electron chi connectivity index (χ1n) is 9.99. The number of ether oxygens (including phenoxy) is 1. The van der Waals surface area contributed by atoms with Gasteiger partial charge in [0.2, 0.25) is 10.0 Å². The Morgan fingerprint density at radius 3 is 2.58 bits per heavy atom. The fourth-order valence-corrected chi connectivity index (χ4v) is 5.23. The van der Waals surface area contributed by atoms with E-state index < -0.39 is 22.3 Å². The Labute approximate surface area is 179 Å². The van der Waals surface area contributed by atoms with Gasteiger partial charge in [0.1, 0.15) is 16.5 Å². The lowest BCUT2D eigenvalue weighted by molar-refractivity contribution is 0.141. The lowest BCUT2D eigenvalue weighted by Crippen LogP contribution is -2.28. The van der Waals surface area contributed by atoms with Gasteiger partial charge in [0.25, 0.3) is 6.43 Å². The third kappa shape index (κ3) is 4.31. The highest BCUT2D eigenvalue weighted by Crippen LogP contribution is 2.34. The Hall–Kier alpha value is -2.85. The SMILES string of the molecule is CCOc1ccc(Nc2nc(C(F)F)nc3ccccc23)cc1S(=O)(=O)N1CCCC1. The van der Waals surface area contributed by atoms with Gasteiger partial charge >= 0.3 is 0 Å². The van der Waals surface area contributed by atoms with Gasteiger partial charge in [0.05, 0.1) is 12.1 Å². The molecular weight excluding hydrogens is 426 g/mol. The van der Waals surface area contributed by atoms with E-state index in [2.05, 4.69) is 15.3 Å². The van der Waals surface area contributed by atoms with E-state index in [4.69, 9.17) is 4.74 Å². The summed E-state index contributed by atoms with van der Waals surface area (Å²) >= 11 is 0. The molecule has 31 heavy (non-hydrogen) atoms. The second-order valence-corrected chi connectivity index (χ2v) is 8.99. The van der Waals surface area contributed by atoms with Crippen LogP contribution in [-0.2, 0) is 10.0 Å². The van der Waals surface area contributed by atoms with Crippen molar-refractivity contribution >= 4 is 32.4 Å². The first-order chi connectivity index (χ1) is 14.9. The standard InChI is InChI=1S/C21H22F2N4O3S/c1-2-30-17-10-9-14(13-18(17)31(28,29)27-11-5-6-12-27)24-20-15-7-3-4-8-16(15)25-21(26-20)19(22)23/h3-4,7-10,13,19H,2,5-6,11-12H2,1H3,(H,24,25,26). The number of alkyl halides is 2. The molecule has 10 heteroatoms. The van der Waals surface area contributed by atoms with Crippen LogP contribution in [-0.4, -0.2) is 42.4 Å². The third-order valence-corrected chi connectivity index (χ3v) is 6.92. The predicted molar refractivity (Wildman–Crippen MR) is 113 cm³/mol. The lowest BCUT2D eigenvalue weighted by Gasteiger charge is -2.19. The number of hydrogen-bond donors (Lipinski definition) is 1. The number of nitrogens with one attached hydrogen (secondary N) is 1. The monoisotopic (exact) mass is 448 g/mol. The Balaban J connectivity index is 1.78. The van der Waals surface area contributed by atoms with Gasteiger partial charge < -0.3 is 10.1 Å². The highest BCUT2D eigenvalue weighted by molar-refractivity contribution is 7.89. The maximum atomic E-state index is 13.3. The Morgan fingerprint density at radius 1 is 1.13 bits per heavy atom. The van der Waals surface area contributed by atoms with Crippen LogP contribution in [0.4, 0.5) is 20.3 Å². The Morgan fingerprint density at radius 2 is 1.87 bits per heavy atom. The van der Waals surface area contributed by atoms with Crippen LogP contribution in [0.1, 0.15) is 32.0 Å². The zero-order valence-electron chi connectivity index (χ0n) is 16.9. The van der Waals surface area contributed by atoms with Gasteiger partial charge in [-0.25, -0.2) is 27.2 Å². The van der Waals surface area contributed by atoms with Gasteiger partial charge in [0, 0.05) is 24.2 Å². The summed E-state index contributed by atoms with van der Waals surface area (Å²) in [5.74, 6) is -0.174. The Kier molecular flexibility index (Phi) is 6.01. The molecule has 0 aliphatic carbocycles. The zero-order valence-corrected chi connectivity index (χ0v) is 17.7. The van der Waals surface area contributed by atoms with Crippen molar-refractivity contribution in [3.63, 3.8) is 0 Å². The van der Waals surface area contributed by atoms with Gasteiger partial charge in [-0.05, 0) is 50.1 Å². The van der Waals surface area contributed by atoms with Crippen molar-refractivity contribution in [1.29, 1.82) is 0 Å². The number of fused-ring (bicyclic) bond motifs is 1. The number of para-hydroxylation sites is 1. The zero-order chi connectivity index (χ0) is 22.0. The van der Waals surface area contributed by atoms with Crippen molar-refractivity contribution in [2.45, 2.75) is 31.1 Å². The van der Waals surface area contributed by atoms with Crippen molar-refractivity contribution in [2.24, 2.45) is 0 Å². The van der Waals surface area contributed by atoms with Gasteiger partial charge in [-0.1, -0.05) is 12.1 Å². The minimum atomic E-state index is -3.75. The topological polar surface area (TPSA) is 84.4 Å². The van der Waals surface area contributed by atoms with E-state index in [1.807, 2.05) is 0 Å². The first-order valence-corrected chi connectivity index (χ1v) is 11.4. The molecule has 164 valence electrons. The molecule has 0 atom stereocenters. The van der Waals surface area contributed by atoms with Gasteiger partial charge in [-0.2, -0.15) is 4.31 Å². The molecule has 1 aliphatic heterocycles. The van der Waals surface area contributed by atoms with Crippen molar-refractivity contribution in [1.82, 2.24) is 14.3 Å². The molecule has 1 aliphatic rings. The number of halogens is 2. The summed E-state index contributed by atoms with van der Waals surface area (Å²) in [5, 5.41) is 3.54. The first kappa shape index (κ1) is 21.4. The average Bonchev–Trinajstić information content (AvgIpc) is 3.30. The van der Waals surface area contributed by atoms with E-state index in [1.165, 1.54) is 10.4 Å². The third-order valence-electron chi connectivity index (χ3n) is 5.00. The second-order valence-electron chi connectivity index (χ2n) is 7.08. The molecule has 0 bridgehead atoms. The van der Waals surface area contributed by atoms with E-state index >= 15 is 0 Å². The number of sulfonamides is 1. The number of nitrogens with zero attached hydrogens (tertiary/aromatic N) is 3. The number of aromatic nitrogens is 2. The van der Waals surface area contributed by atoms with Crippen molar-refractivity contribution in [3.05, 3.63) is 48.3 Å². The van der Waals surface area contributed by atoms with E-state index in [1.54, 1.807) is 43.3 Å². The molecule has 0 amide bonds. The van der Waals surface area contributed by atoms with Crippen LogP contribution in [0.2, 0.25) is 0 Å². The minimum absolute atomic E-state index is 0.0358. The summed E-state index contributed by atoms with van der Waals surface area (Å²) in [6.45, 7) is 3.00. The highest BCUT2D eigenvalue weighted by atomic mass is 32.2. The fourth-order valence-electron chi connectivity index (χ4n) is 3.55. The molecule has 1 saturated heterocycles. The molecule has 1 N–H and O–H groups in total. The van der Waals surface area contributed by atoms with E-state index in [-0.39, 0.29) is 16.5 Å². The predicted octanol–water partition coefficient (Wildman–Crippen LogP) is 4.49. The molecule has 4 rings (SSSR count). The van der Waals surface area contributed by atoms with Gasteiger partial charge in [-0.3, -0.25) is 0 Å². The lowest BCUT2D eigenvalue weighted by atomic mass is 10.2. The molecule has 0 saturated carbocycles. The molecule has 2 heterocycles. The van der Waals surface area contributed by atoms with Crippen LogP contribution >= 0.6 is 0 Å². The number of rotatable bonds is 7. The van der Waals surface area contributed by atoms with Crippen molar-refractivity contribution < 1.29 is 21.9 Å². The van der Waals surface area contributed by atoms with Crippen LogP contribution in [0.15, 0.2) is 47.4 Å². The number of benzene rings is 2. The maximum Gasteiger partial charge on any atom is 0.297 e. The second kappa shape index (κ2) is 8.72. The molecule has 2 aromatic carbocycles. The molecule has 0 spiro atoms. The van der Waals surface area contributed by atoms with Crippen LogP contribution in [0.3, 0.4) is 0 Å². The summed E-state index contributed by atoms with van der Waals surface area (Å²) in [6.07, 6.45) is -1.22. The molecule has 3 aromatic rings. The molecule has 1 aromatic heterocycles. The number of anilines is 2. The highest BCUT2D eigenvalue weighted by Gasteiger charge is 2.30. The summed E-state index contributed by atoms with van der Waals surface area (Å²) in [4.78, 5) is 7.90.